The molecule has 6 heteroatoms. The highest BCUT2D eigenvalue weighted by Crippen LogP contribution is 2.02. The average molecular weight is 211 g/mol. The quantitative estimate of drug-likeness (QED) is 0.708. The monoisotopic (exact) mass is 211 g/mol. The van der Waals surface area contributed by atoms with Crippen LogP contribution in [0.4, 0.5) is 0 Å². The first-order chi connectivity index (χ1) is 7.18. The van der Waals surface area contributed by atoms with Crippen LogP contribution < -0.4 is 5.32 Å². The fourth-order valence-electron chi connectivity index (χ4n) is 1.11. The number of aromatic amines is 1. The number of tetrazole rings is 1. The van der Waals surface area contributed by atoms with Crippen molar-refractivity contribution < 1.29 is 4.79 Å². The van der Waals surface area contributed by atoms with Gasteiger partial charge < -0.3 is 5.32 Å². The predicted octanol–water partition coefficient (Wildman–Crippen LogP) is 0.295. The zero-order valence-corrected chi connectivity index (χ0v) is 9.16. The van der Waals surface area contributed by atoms with Crippen LogP contribution in [0.2, 0.25) is 0 Å². The minimum Gasteiger partial charge on any atom is -0.356 e. The molecule has 2 N–H and O–H groups in total. The molecule has 6 nitrogen and oxygen atoms in total. The normalized spacial score (nSPS) is 10.6. The molecule has 1 amide bonds. The predicted molar refractivity (Wildman–Crippen MR) is 55.0 cm³/mol. The molecule has 0 aliphatic rings. The third kappa shape index (κ3) is 5.09. The van der Waals surface area contributed by atoms with Gasteiger partial charge >= 0.3 is 0 Å². The maximum Gasteiger partial charge on any atom is 0.220 e. The van der Waals surface area contributed by atoms with Crippen LogP contribution in [0.15, 0.2) is 0 Å². The second-order valence-electron chi connectivity index (χ2n) is 3.86. The third-order valence-corrected chi connectivity index (χ3v) is 2.01. The van der Waals surface area contributed by atoms with Crippen molar-refractivity contribution in [2.75, 3.05) is 6.54 Å². The Morgan fingerprint density at radius 2 is 2.33 bits per heavy atom. The topological polar surface area (TPSA) is 83.6 Å². The SMILES string of the molecule is CC(C)CCC(=O)NCCc1nn[nH]n1. The summed E-state index contributed by atoms with van der Waals surface area (Å²) in [5.41, 5.74) is 0. The Hall–Kier alpha value is -1.46. The first-order valence-electron chi connectivity index (χ1n) is 5.17. The summed E-state index contributed by atoms with van der Waals surface area (Å²) in [6.45, 7) is 4.77. The molecule has 0 atom stereocenters. The molecule has 0 saturated heterocycles. The second-order valence-corrected chi connectivity index (χ2v) is 3.86. The van der Waals surface area contributed by atoms with E-state index in [1.807, 2.05) is 0 Å². The number of hydrogen-bond acceptors (Lipinski definition) is 4. The molecule has 0 fully saturated rings. The molecule has 15 heavy (non-hydrogen) atoms. The summed E-state index contributed by atoms with van der Waals surface area (Å²) in [6.07, 6.45) is 2.13. The Kier molecular flexibility index (Phi) is 4.73. The molecular weight excluding hydrogens is 194 g/mol. The van der Waals surface area contributed by atoms with E-state index in [9.17, 15) is 4.79 Å². The van der Waals surface area contributed by atoms with Gasteiger partial charge in [0, 0.05) is 19.4 Å². The van der Waals surface area contributed by atoms with Crippen molar-refractivity contribution in [3.8, 4) is 0 Å². The number of nitrogens with zero attached hydrogens (tertiary/aromatic N) is 3. The number of amides is 1. The fourth-order valence-corrected chi connectivity index (χ4v) is 1.11. The summed E-state index contributed by atoms with van der Waals surface area (Å²) in [5, 5.41) is 16.2. The zero-order valence-electron chi connectivity index (χ0n) is 9.16. The highest BCUT2D eigenvalue weighted by molar-refractivity contribution is 5.75. The lowest BCUT2D eigenvalue weighted by Crippen LogP contribution is -2.25. The minimum atomic E-state index is 0.0900. The molecular formula is C9H17N5O. The summed E-state index contributed by atoms with van der Waals surface area (Å²) in [6, 6.07) is 0. The Morgan fingerprint density at radius 3 is 2.93 bits per heavy atom. The van der Waals surface area contributed by atoms with Gasteiger partial charge in [0.2, 0.25) is 5.91 Å². The number of rotatable bonds is 6. The van der Waals surface area contributed by atoms with Crippen LogP contribution in [0, 0.1) is 5.92 Å². The second kappa shape index (κ2) is 6.10. The van der Waals surface area contributed by atoms with E-state index in [0.29, 0.717) is 31.1 Å². The maximum absolute atomic E-state index is 11.3. The van der Waals surface area contributed by atoms with Crippen LogP contribution in [0.25, 0.3) is 0 Å². The lowest BCUT2D eigenvalue weighted by molar-refractivity contribution is -0.121. The maximum atomic E-state index is 11.3. The van der Waals surface area contributed by atoms with Crippen LogP contribution in [0.3, 0.4) is 0 Å². The summed E-state index contributed by atoms with van der Waals surface area (Å²) >= 11 is 0. The van der Waals surface area contributed by atoms with E-state index in [1.165, 1.54) is 0 Å². The molecule has 84 valence electrons. The highest BCUT2D eigenvalue weighted by Gasteiger charge is 2.03. The lowest BCUT2D eigenvalue weighted by atomic mass is 10.1. The van der Waals surface area contributed by atoms with Gasteiger partial charge in [0.25, 0.3) is 0 Å². The third-order valence-electron chi connectivity index (χ3n) is 2.01. The van der Waals surface area contributed by atoms with Gasteiger partial charge in [-0.05, 0) is 12.3 Å². The van der Waals surface area contributed by atoms with Gasteiger partial charge in [-0.1, -0.05) is 19.1 Å². The fraction of sp³-hybridized carbons (Fsp3) is 0.778. The van der Waals surface area contributed by atoms with Gasteiger partial charge in [0.15, 0.2) is 5.82 Å². The first-order valence-corrected chi connectivity index (χ1v) is 5.17. The minimum absolute atomic E-state index is 0.0900. The largest absolute Gasteiger partial charge is 0.356 e. The molecule has 1 rings (SSSR count). The van der Waals surface area contributed by atoms with E-state index in [1.54, 1.807) is 0 Å². The Bertz CT molecular complexity index is 283. The molecule has 0 unspecified atom stereocenters. The van der Waals surface area contributed by atoms with Crippen LogP contribution >= 0.6 is 0 Å². The van der Waals surface area contributed by atoms with E-state index < -0.39 is 0 Å². The number of H-pyrrole nitrogens is 1. The molecule has 0 spiro atoms. The van der Waals surface area contributed by atoms with Crippen molar-refractivity contribution in [2.45, 2.75) is 33.1 Å². The van der Waals surface area contributed by atoms with Crippen molar-refractivity contribution in [2.24, 2.45) is 5.92 Å². The molecule has 1 aromatic heterocycles. The summed E-state index contributed by atoms with van der Waals surface area (Å²) < 4.78 is 0. The number of carbonyl (C=O) groups is 1. The smallest absolute Gasteiger partial charge is 0.220 e. The van der Waals surface area contributed by atoms with E-state index in [4.69, 9.17) is 0 Å². The zero-order chi connectivity index (χ0) is 11.1. The number of hydrogen-bond donors (Lipinski definition) is 2. The lowest BCUT2D eigenvalue weighted by Gasteiger charge is -2.05. The van der Waals surface area contributed by atoms with E-state index in [2.05, 4.69) is 39.8 Å². The van der Waals surface area contributed by atoms with Gasteiger partial charge in [0.1, 0.15) is 0 Å². The molecule has 0 aliphatic heterocycles. The van der Waals surface area contributed by atoms with Gasteiger partial charge in [0.05, 0.1) is 0 Å². The molecule has 0 aliphatic carbocycles. The molecule has 0 radical (unpaired) electrons. The van der Waals surface area contributed by atoms with Crippen molar-refractivity contribution in [3.05, 3.63) is 5.82 Å². The van der Waals surface area contributed by atoms with E-state index in [0.717, 1.165) is 6.42 Å². The van der Waals surface area contributed by atoms with Gasteiger partial charge in [-0.15, -0.1) is 10.2 Å². The first kappa shape index (κ1) is 11.6. The van der Waals surface area contributed by atoms with E-state index >= 15 is 0 Å². The van der Waals surface area contributed by atoms with Crippen molar-refractivity contribution in [1.29, 1.82) is 0 Å². The number of nitrogens with one attached hydrogen (secondary N) is 2. The number of aromatic nitrogens is 4. The molecule has 0 bridgehead atoms. The average Bonchev–Trinajstić information content (AvgIpc) is 2.67. The molecule has 0 aromatic carbocycles. The van der Waals surface area contributed by atoms with E-state index in [-0.39, 0.29) is 5.91 Å². The molecule has 1 heterocycles. The van der Waals surface area contributed by atoms with Crippen molar-refractivity contribution in [3.63, 3.8) is 0 Å². The van der Waals surface area contributed by atoms with Crippen LogP contribution in [-0.4, -0.2) is 33.1 Å². The van der Waals surface area contributed by atoms with Gasteiger partial charge in [-0.25, -0.2) is 0 Å². The Labute approximate surface area is 88.8 Å². The summed E-state index contributed by atoms with van der Waals surface area (Å²) in [4.78, 5) is 11.3. The standard InChI is InChI=1S/C9H17N5O/c1-7(2)3-4-9(15)10-6-5-8-11-13-14-12-8/h7H,3-6H2,1-2H3,(H,10,15)(H,11,12,13,14). The molecule has 1 aromatic rings. The summed E-state index contributed by atoms with van der Waals surface area (Å²) in [7, 11) is 0. The Balaban J connectivity index is 2.07. The van der Waals surface area contributed by atoms with Crippen LogP contribution in [-0.2, 0) is 11.2 Å². The van der Waals surface area contributed by atoms with Crippen molar-refractivity contribution in [1.82, 2.24) is 25.9 Å². The van der Waals surface area contributed by atoms with Gasteiger partial charge in [-0.2, -0.15) is 5.21 Å². The number of carbonyl (C=O) groups excluding carboxylic acids is 1. The highest BCUT2D eigenvalue weighted by atomic mass is 16.1. The van der Waals surface area contributed by atoms with Crippen LogP contribution in [0.5, 0.6) is 0 Å². The summed E-state index contributed by atoms with van der Waals surface area (Å²) in [5.74, 6) is 1.28. The molecule has 0 saturated carbocycles. The van der Waals surface area contributed by atoms with Crippen LogP contribution in [0.1, 0.15) is 32.5 Å². The van der Waals surface area contributed by atoms with Gasteiger partial charge in [-0.3, -0.25) is 4.79 Å². The Morgan fingerprint density at radius 1 is 1.53 bits per heavy atom. The van der Waals surface area contributed by atoms with Crippen molar-refractivity contribution >= 4 is 5.91 Å².